The van der Waals surface area contributed by atoms with Gasteiger partial charge in [0, 0.05) is 0 Å². The maximum atomic E-state index is 11.4. The van der Waals surface area contributed by atoms with Gasteiger partial charge in [0.2, 0.25) is 6.41 Å². The van der Waals surface area contributed by atoms with Gasteiger partial charge in [0.05, 0.1) is 11.6 Å². The van der Waals surface area contributed by atoms with E-state index >= 15 is 0 Å². The molecular weight excluding hydrogens is 250 g/mol. The molecule has 0 aromatic rings. The molecule has 0 rings (SSSR count). The fraction of sp³-hybridized carbons (Fsp3) is 0.833. The highest BCUT2D eigenvalue weighted by Gasteiger charge is 2.34. The Labute approximate surface area is 114 Å². The third-order valence-electron chi connectivity index (χ3n) is 2.30. The Morgan fingerprint density at radius 2 is 2.00 bits per heavy atom. The molecule has 0 saturated carbocycles. The number of rotatable bonds is 7. The second kappa shape index (κ2) is 7.42. The van der Waals surface area contributed by atoms with Crippen LogP contribution in [0.15, 0.2) is 0 Å². The van der Waals surface area contributed by atoms with Crippen molar-refractivity contribution >= 4 is 12.3 Å². The molecule has 0 spiro atoms. The van der Waals surface area contributed by atoms with Crippen molar-refractivity contribution in [3.8, 4) is 0 Å². The molecule has 112 valence electrons. The van der Waals surface area contributed by atoms with E-state index in [0.29, 0.717) is 12.8 Å². The summed E-state index contributed by atoms with van der Waals surface area (Å²) in [4.78, 5) is 28.0. The lowest BCUT2D eigenvalue weighted by Gasteiger charge is -2.35. The lowest BCUT2D eigenvalue weighted by molar-refractivity contribution is -0.243. The molecule has 4 N–H and O–H groups in total. The van der Waals surface area contributed by atoms with E-state index in [1.807, 2.05) is 19.3 Å². The van der Waals surface area contributed by atoms with Crippen molar-refractivity contribution in [2.75, 3.05) is 0 Å². The number of aliphatic hydroxyl groups excluding tert-OH is 1. The van der Waals surface area contributed by atoms with Gasteiger partial charge in [0.15, 0.2) is 6.10 Å². The number of hydrazine groups is 1. The number of hydroxylamine groups is 2. The summed E-state index contributed by atoms with van der Waals surface area (Å²) in [5, 5.41) is 10.9. The van der Waals surface area contributed by atoms with E-state index in [-0.39, 0.29) is 5.92 Å². The van der Waals surface area contributed by atoms with Crippen LogP contribution in [0.4, 0.5) is 0 Å². The highest BCUT2D eigenvalue weighted by atomic mass is 16.7. The minimum Gasteiger partial charge on any atom is -0.381 e. The van der Waals surface area contributed by atoms with Crippen LogP contribution in [0.2, 0.25) is 0 Å². The quantitative estimate of drug-likeness (QED) is 0.261. The lowest BCUT2D eigenvalue weighted by Crippen LogP contribution is -2.53. The van der Waals surface area contributed by atoms with Crippen LogP contribution in [0.5, 0.6) is 0 Å². The number of amides is 2. The third-order valence-corrected chi connectivity index (χ3v) is 2.30. The highest BCUT2D eigenvalue weighted by molar-refractivity contribution is 5.80. The molecule has 0 saturated heterocycles. The van der Waals surface area contributed by atoms with Crippen LogP contribution in [0.25, 0.3) is 0 Å². The van der Waals surface area contributed by atoms with Crippen LogP contribution < -0.4 is 11.3 Å². The van der Waals surface area contributed by atoms with Crippen LogP contribution in [0.1, 0.15) is 41.0 Å². The Morgan fingerprint density at radius 3 is 2.32 bits per heavy atom. The van der Waals surface area contributed by atoms with Crippen molar-refractivity contribution in [3.63, 3.8) is 0 Å². The Hall–Kier alpha value is -1.18. The van der Waals surface area contributed by atoms with Gasteiger partial charge in [-0.05, 0) is 33.1 Å². The summed E-state index contributed by atoms with van der Waals surface area (Å²) in [6.07, 6.45) is -0.575. The molecule has 7 nitrogen and oxygen atoms in total. The lowest BCUT2D eigenvalue weighted by atomic mass is 9.98. The summed E-state index contributed by atoms with van der Waals surface area (Å²) in [5.74, 6) is 4.41. The normalized spacial score (nSPS) is 14.9. The minimum absolute atomic E-state index is 0.163. The van der Waals surface area contributed by atoms with Gasteiger partial charge >= 0.3 is 0 Å². The topological polar surface area (TPSA) is 105 Å². The first-order valence-electron chi connectivity index (χ1n) is 6.23. The van der Waals surface area contributed by atoms with E-state index in [1.165, 1.54) is 0 Å². The average molecular weight is 275 g/mol. The van der Waals surface area contributed by atoms with Gasteiger partial charge in [-0.15, -0.1) is 0 Å². The first-order valence-corrected chi connectivity index (χ1v) is 6.23. The monoisotopic (exact) mass is 275 g/mol. The second-order valence-electron chi connectivity index (χ2n) is 5.82. The summed E-state index contributed by atoms with van der Waals surface area (Å²) in [7, 11) is 0. The Kier molecular flexibility index (Phi) is 6.96. The van der Waals surface area contributed by atoms with E-state index in [9.17, 15) is 14.7 Å². The minimum atomic E-state index is -1.44. The zero-order chi connectivity index (χ0) is 15.2. The summed E-state index contributed by atoms with van der Waals surface area (Å²) < 4.78 is 0. The van der Waals surface area contributed by atoms with Crippen molar-refractivity contribution in [1.29, 1.82) is 0 Å². The number of carbonyl (C=O) groups is 2. The Bertz CT molecular complexity index is 302. The van der Waals surface area contributed by atoms with Crippen molar-refractivity contribution < 1.29 is 19.5 Å². The molecule has 1 unspecified atom stereocenters. The first-order chi connectivity index (χ1) is 8.62. The van der Waals surface area contributed by atoms with Gasteiger partial charge in [-0.3, -0.25) is 19.9 Å². The van der Waals surface area contributed by atoms with Crippen LogP contribution in [-0.2, 0) is 14.4 Å². The second-order valence-corrected chi connectivity index (χ2v) is 5.82. The maximum absolute atomic E-state index is 11.4. The van der Waals surface area contributed by atoms with Crippen molar-refractivity contribution in [2.45, 2.75) is 58.8 Å². The molecule has 0 aromatic carbocycles. The SMILES string of the molecule is CC(C)C[C@@H](C(O)C(=O)NN)N(C=O)OC(C)(C)C. The Morgan fingerprint density at radius 1 is 1.47 bits per heavy atom. The molecule has 2 amide bonds. The van der Waals surface area contributed by atoms with Gasteiger partial charge in [0.25, 0.3) is 5.91 Å². The predicted octanol–water partition coefficient (Wildman–Crippen LogP) is -0.0596. The van der Waals surface area contributed by atoms with Crippen molar-refractivity contribution in [1.82, 2.24) is 10.5 Å². The van der Waals surface area contributed by atoms with Crippen LogP contribution in [0, 0.1) is 5.92 Å². The van der Waals surface area contributed by atoms with E-state index in [1.54, 1.807) is 20.8 Å². The fourth-order valence-electron chi connectivity index (χ4n) is 1.60. The van der Waals surface area contributed by atoms with Crippen LogP contribution in [-0.4, -0.2) is 40.2 Å². The van der Waals surface area contributed by atoms with E-state index in [0.717, 1.165) is 5.06 Å². The number of aliphatic hydroxyl groups is 1. The van der Waals surface area contributed by atoms with Crippen LogP contribution >= 0.6 is 0 Å². The molecule has 0 bridgehead atoms. The number of hydrogen-bond donors (Lipinski definition) is 3. The van der Waals surface area contributed by atoms with Crippen molar-refractivity contribution in [3.05, 3.63) is 0 Å². The molecule has 0 aliphatic heterocycles. The van der Waals surface area contributed by atoms with E-state index in [2.05, 4.69) is 0 Å². The largest absolute Gasteiger partial charge is 0.381 e. The summed E-state index contributed by atoms with van der Waals surface area (Å²) in [6.45, 7) is 9.14. The zero-order valence-electron chi connectivity index (χ0n) is 12.2. The maximum Gasteiger partial charge on any atom is 0.264 e. The number of carbonyl (C=O) groups excluding carboxylic acids is 2. The molecule has 0 aliphatic carbocycles. The van der Waals surface area contributed by atoms with E-state index < -0.39 is 23.7 Å². The molecule has 7 heteroatoms. The number of hydrogen-bond acceptors (Lipinski definition) is 5. The molecule has 19 heavy (non-hydrogen) atoms. The van der Waals surface area contributed by atoms with Gasteiger partial charge in [-0.2, -0.15) is 0 Å². The smallest absolute Gasteiger partial charge is 0.264 e. The van der Waals surface area contributed by atoms with Crippen LogP contribution in [0.3, 0.4) is 0 Å². The van der Waals surface area contributed by atoms with Gasteiger partial charge in [-0.25, -0.2) is 10.9 Å². The Balaban J connectivity index is 5.08. The van der Waals surface area contributed by atoms with Gasteiger partial charge in [0.1, 0.15) is 0 Å². The average Bonchev–Trinajstić information content (AvgIpc) is 2.29. The number of nitrogens with two attached hydrogens (primary N) is 1. The summed E-state index contributed by atoms with van der Waals surface area (Å²) in [5.41, 5.74) is 1.26. The zero-order valence-corrected chi connectivity index (χ0v) is 12.2. The molecule has 0 radical (unpaired) electrons. The first kappa shape index (κ1) is 17.8. The fourth-order valence-corrected chi connectivity index (χ4v) is 1.60. The highest BCUT2D eigenvalue weighted by Crippen LogP contribution is 2.19. The van der Waals surface area contributed by atoms with E-state index in [4.69, 9.17) is 10.7 Å². The molecule has 0 aliphatic rings. The van der Waals surface area contributed by atoms with Crippen molar-refractivity contribution in [2.24, 2.45) is 11.8 Å². The van der Waals surface area contributed by atoms with Gasteiger partial charge < -0.3 is 5.11 Å². The molecular formula is C12H25N3O4. The molecule has 0 heterocycles. The molecule has 2 atom stereocenters. The molecule has 0 fully saturated rings. The standard InChI is InChI=1S/C12H25N3O4/c1-8(2)6-9(10(17)11(18)14-13)15(7-16)19-12(3,4)5/h7-10,17H,6,13H2,1-5H3,(H,14,18)/t9-,10?/m0/s1. The summed E-state index contributed by atoms with van der Waals surface area (Å²) >= 11 is 0. The molecule has 0 aromatic heterocycles. The third kappa shape index (κ3) is 6.51. The van der Waals surface area contributed by atoms with Gasteiger partial charge in [-0.1, -0.05) is 13.8 Å². The number of nitrogens with one attached hydrogen (secondary N) is 1. The number of nitrogens with zero attached hydrogens (tertiary/aromatic N) is 1. The summed E-state index contributed by atoms with van der Waals surface area (Å²) in [6, 6.07) is -0.791. The predicted molar refractivity (Wildman–Crippen MR) is 70.3 cm³/mol.